The van der Waals surface area contributed by atoms with E-state index in [1.54, 1.807) is 29.1 Å². The Hall–Kier alpha value is -3.15. The first-order chi connectivity index (χ1) is 13.8. The zero-order chi connectivity index (χ0) is 21.0. The molecule has 1 unspecified atom stereocenters. The van der Waals surface area contributed by atoms with E-state index in [2.05, 4.69) is 31.1 Å². The molecule has 0 aliphatic rings. The van der Waals surface area contributed by atoms with Crippen molar-refractivity contribution in [3.05, 3.63) is 83.7 Å². The highest BCUT2D eigenvalue weighted by Crippen LogP contribution is 2.31. The van der Waals surface area contributed by atoms with Crippen LogP contribution >= 0.6 is 0 Å². The zero-order valence-electron chi connectivity index (χ0n) is 17.1. The molecule has 1 N–H and O–H groups in total. The molecule has 1 aromatic heterocycles. The molecule has 0 aliphatic heterocycles. The van der Waals surface area contributed by atoms with Crippen molar-refractivity contribution < 1.29 is 13.9 Å². The number of aryl methyl sites for hydroxylation is 1. The van der Waals surface area contributed by atoms with Crippen molar-refractivity contribution in [2.75, 3.05) is 6.61 Å². The Kier molecular flexibility index (Phi) is 6.01. The van der Waals surface area contributed by atoms with E-state index in [1.807, 2.05) is 31.3 Å². The number of amides is 1. The highest BCUT2D eigenvalue weighted by atomic mass is 19.1. The maximum atomic E-state index is 13.8. The van der Waals surface area contributed by atoms with Crippen LogP contribution in [0.5, 0.6) is 5.75 Å². The Labute approximate surface area is 170 Å². The average molecular weight is 395 g/mol. The second kappa shape index (κ2) is 8.47. The number of hydrogen-bond donors (Lipinski definition) is 1. The van der Waals surface area contributed by atoms with E-state index in [-0.39, 0.29) is 23.7 Å². The van der Waals surface area contributed by atoms with Crippen LogP contribution in [0.4, 0.5) is 4.39 Å². The molecule has 6 heteroatoms. The number of rotatable bonds is 6. The average Bonchev–Trinajstić information content (AvgIpc) is 3.09. The number of nitrogens with one attached hydrogen (secondary N) is 1. The summed E-state index contributed by atoms with van der Waals surface area (Å²) in [4.78, 5) is 17.0. The third-order valence-corrected chi connectivity index (χ3v) is 4.66. The van der Waals surface area contributed by atoms with Gasteiger partial charge in [0, 0.05) is 19.4 Å². The van der Waals surface area contributed by atoms with Gasteiger partial charge in [-0.25, -0.2) is 9.37 Å². The Bertz CT molecular complexity index is 992. The molecule has 1 amide bonds. The number of carbonyl (C=O) groups excluding carboxylic acids is 1. The lowest BCUT2D eigenvalue weighted by Gasteiger charge is -2.23. The summed E-state index contributed by atoms with van der Waals surface area (Å²) in [5, 5.41) is 2.92. The highest BCUT2D eigenvalue weighted by Gasteiger charge is 2.23. The van der Waals surface area contributed by atoms with Crippen LogP contribution in [0.2, 0.25) is 0 Å². The van der Waals surface area contributed by atoms with Gasteiger partial charge in [0.1, 0.15) is 23.4 Å². The van der Waals surface area contributed by atoms with Gasteiger partial charge in [-0.05, 0) is 34.7 Å². The molecule has 0 bridgehead atoms. The molecule has 2 aromatic carbocycles. The standard InChI is InChI=1S/C23H26FN3O2/c1-23(2,3)18-10-5-6-11-19(18)29-15-20(28)26-21(22-25-12-13-27(22)4)16-8-7-9-17(24)14-16/h5-14,21H,15H2,1-4H3,(H,26,28). The zero-order valence-corrected chi connectivity index (χ0v) is 17.1. The summed E-state index contributed by atoms with van der Waals surface area (Å²) in [6.45, 7) is 6.13. The Balaban J connectivity index is 1.78. The maximum Gasteiger partial charge on any atom is 0.258 e. The van der Waals surface area contributed by atoms with E-state index in [9.17, 15) is 9.18 Å². The van der Waals surface area contributed by atoms with E-state index >= 15 is 0 Å². The number of imidazole rings is 1. The summed E-state index contributed by atoms with van der Waals surface area (Å²) in [6.07, 6.45) is 3.42. The fourth-order valence-corrected chi connectivity index (χ4v) is 3.20. The summed E-state index contributed by atoms with van der Waals surface area (Å²) in [5.41, 5.74) is 1.53. The van der Waals surface area contributed by atoms with E-state index in [4.69, 9.17) is 4.74 Å². The number of ether oxygens (including phenoxy) is 1. The van der Waals surface area contributed by atoms with Crippen LogP contribution in [0.15, 0.2) is 60.9 Å². The number of nitrogens with zero attached hydrogens (tertiary/aromatic N) is 2. The second-order valence-corrected chi connectivity index (χ2v) is 7.99. The number of hydrogen-bond acceptors (Lipinski definition) is 3. The van der Waals surface area contributed by atoms with Crippen molar-refractivity contribution in [3.8, 4) is 5.75 Å². The summed E-state index contributed by atoms with van der Waals surface area (Å²) in [5.74, 6) is 0.603. The predicted molar refractivity (Wildman–Crippen MR) is 110 cm³/mol. The Morgan fingerprint density at radius 3 is 2.62 bits per heavy atom. The predicted octanol–water partition coefficient (Wildman–Crippen LogP) is 4.14. The lowest BCUT2D eigenvalue weighted by atomic mass is 9.86. The van der Waals surface area contributed by atoms with Crippen LogP contribution in [0.1, 0.15) is 43.8 Å². The topological polar surface area (TPSA) is 56.2 Å². The minimum atomic E-state index is -0.584. The van der Waals surface area contributed by atoms with Crippen molar-refractivity contribution in [3.63, 3.8) is 0 Å². The van der Waals surface area contributed by atoms with Gasteiger partial charge in [0.2, 0.25) is 0 Å². The monoisotopic (exact) mass is 395 g/mol. The molecule has 0 fully saturated rings. The lowest BCUT2D eigenvalue weighted by Crippen LogP contribution is -2.34. The number of halogens is 1. The summed E-state index contributed by atoms with van der Waals surface area (Å²) in [6, 6.07) is 13.2. The molecular formula is C23H26FN3O2. The van der Waals surface area contributed by atoms with Crippen molar-refractivity contribution in [1.29, 1.82) is 0 Å². The molecule has 29 heavy (non-hydrogen) atoms. The van der Waals surface area contributed by atoms with Crippen molar-refractivity contribution in [2.45, 2.75) is 32.2 Å². The number of aromatic nitrogens is 2. The Morgan fingerprint density at radius 1 is 1.21 bits per heavy atom. The van der Waals surface area contributed by atoms with E-state index in [1.165, 1.54) is 12.1 Å². The first-order valence-corrected chi connectivity index (χ1v) is 9.50. The molecule has 0 spiro atoms. The Morgan fingerprint density at radius 2 is 1.97 bits per heavy atom. The van der Waals surface area contributed by atoms with Gasteiger partial charge in [0.15, 0.2) is 6.61 Å². The van der Waals surface area contributed by atoms with Crippen molar-refractivity contribution in [1.82, 2.24) is 14.9 Å². The van der Waals surface area contributed by atoms with Gasteiger partial charge in [0.25, 0.3) is 5.91 Å². The van der Waals surface area contributed by atoms with Crippen LogP contribution in [-0.2, 0) is 17.3 Å². The van der Waals surface area contributed by atoms with Crippen molar-refractivity contribution in [2.24, 2.45) is 7.05 Å². The van der Waals surface area contributed by atoms with Crippen LogP contribution in [0.25, 0.3) is 0 Å². The van der Waals surface area contributed by atoms with Gasteiger partial charge < -0.3 is 14.6 Å². The number of para-hydroxylation sites is 1. The maximum absolute atomic E-state index is 13.8. The normalized spacial score (nSPS) is 12.4. The number of benzene rings is 2. The largest absolute Gasteiger partial charge is 0.483 e. The molecule has 3 aromatic rings. The fraction of sp³-hybridized carbons (Fsp3) is 0.304. The van der Waals surface area contributed by atoms with Gasteiger partial charge in [-0.15, -0.1) is 0 Å². The minimum absolute atomic E-state index is 0.107. The number of carbonyl (C=O) groups is 1. The molecule has 0 saturated carbocycles. The third kappa shape index (κ3) is 5.02. The summed E-state index contributed by atoms with van der Waals surface area (Å²) < 4.78 is 21.4. The molecule has 3 rings (SSSR count). The summed E-state index contributed by atoms with van der Waals surface area (Å²) in [7, 11) is 1.83. The van der Waals surface area contributed by atoms with Gasteiger partial charge >= 0.3 is 0 Å². The fourth-order valence-electron chi connectivity index (χ4n) is 3.20. The highest BCUT2D eigenvalue weighted by molar-refractivity contribution is 5.78. The smallest absolute Gasteiger partial charge is 0.258 e. The van der Waals surface area contributed by atoms with Gasteiger partial charge in [0.05, 0.1) is 0 Å². The SMILES string of the molecule is Cn1ccnc1C(NC(=O)COc1ccccc1C(C)(C)C)c1cccc(F)c1. The van der Waals surface area contributed by atoms with E-state index < -0.39 is 6.04 Å². The molecule has 5 nitrogen and oxygen atoms in total. The van der Waals surface area contributed by atoms with Crippen LogP contribution < -0.4 is 10.1 Å². The van der Waals surface area contributed by atoms with Gasteiger partial charge in [-0.1, -0.05) is 51.1 Å². The summed E-state index contributed by atoms with van der Waals surface area (Å²) >= 11 is 0. The third-order valence-electron chi connectivity index (χ3n) is 4.66. The van der Waals surface area contributed by atoms with Crippen LogP contribution in [-0.4, -0.2) is 22.1 Å². The molecule has 0 aliphatic carbocycles. The molecule has 1 atom stereocenters. The van der Waals surface area contributed by atoms with Crippen molar-refractivity contribution >= 4 is 5.91 Å². The second-order valence-electron chi connectivity index (χ2n) is 7.99. The first-order valence-electron chi connectivity index (χ1n) is 9.50. The molecule has 0 radical (unpaired) electrons. The minimum Gasteiger partial charge on any atom is -0.483 e. The molecular weight excluding hydrogens is 369 g/mol. The van der Waals surface area contributed by atoms with E-state index in [0.29, 0.717) is 17.1 Å². The molecule has 152 valence electrons. The quantitative estimate of drug-likeness (QED) is 0.682. The van der Waals surface area contributed by atoms with E-state index in [0.717, 1.165) is 5.56 Å². The van der Waals surface area contributed by atoms with Gasteiger partial charge in [-0.3, -0.25) is 4.79 Å². The van der Waals surface area contributed by atoms with Crippen LogP contribution in [0, 0.1) is 5.82 Å². The lowest BCUT2D eigenvalue weighted by molar-refractivity contribution is -0.123. The van der Waals surface area contributed by atoms with Crippen LogP contribution in [0.3, 0.4) is 0 Å². The molecule has 0 saturated heterocycles. The van der Waals surface area contributed by atoms with Gasteiger partial charge in [-0.2, -0.15) is 0 Å². The molecule has 1 heterocycles. The first kappa shape index (κ1) is 20.6.